The second-order valence-corrected chi connectivity index (χ2v) is 7.21. The van der Waals surface area contributed by atoms with E-state index in [1.165, 1.54) is 6.42 Å². The van der Waals surface area contributed by atoms with E-state index in [1.807, 2.05) is 40.8 Å². The van der Waals surface area contributed by atoms with Gasteiger partial charge < -0.3 is 9.64 Å². The molecule has 0 radical (unpaired) electrons. The van der Waals surface area contributed by atoms with Crippen LogP contribution in [0.3, 0.4) is 0 Å². The van der Waals surface area contributed by atoms with Crippen molar-refractivity contribution in [2.24, 2.45) is 0 Å². The Labute approximate surface area is 148 Å². The van der Waals surface area contributed by atoms with Crippen LogP contribution in [0.25, 0.3) is 0 Å². The predicted octanol–water partition coefficient (Wildman–Crippen LogP) is 2.88. The minimum absolute atomic E-state index is 0.127. The number of carbonyl (C=O) groups excluding carboxylic acids is 1. The molecule has 1 aromatic heterocycles. The molecule has 5 nitrogen and oxygen atoms in total. The Morgan fingerprint density at radius 3 is 2.88 bits per heavy atom. The van der Waals surface area contributed by atoms with Gasteiger partial charge in [0.1, 0.15) is 5.75 Å². The van der Waals surface area contributed by atoms with Gasteiger partial charge in [0, 0.05) is 18.7 Å². The normalized spacial score (nSPS) is 22.6. The molecule has 0 unspecified atom stereocenters. The van der Waals surface area contributed by atoms with E-state index in [2.05, 4.69) is 18.1 Å². The molecule has 2 atom stereocenters. The zero-order valence-corrected chi connectivity index (χ0v) is 14.9. The van der Waals surface area contributed by atoms with Gasteiger partial charge in [-0.2, -0.15) is 5.10 Å². The maximum absolute atomic E-state index is 13.1. The first kappa shape index (κ1) is 16.2. The van der Waals surface area contributed by atoms with E-state index in [0.29, 0.717) is 6.42 Å². The molecule has 0 N–H and O–H groups in total. The molecule has 0 spiro atoms. The summed E-state index contributed by atoms with van der Waals surface area (Å²) in [6.07, 6.45) is 3.57. The molecule has 5 heteroatoms. The van der Waals surface area contributed by atoms with Crippen LogP contribution in [0.2, 0.25) is 0 Å². The molecule has 0 bridgehead atoms. The van der Waals surface area contributed by atoms with Crippen LogP contribution in [0.1, 0.15) is 36.2 Å². The number of para-hydroxylation sites is 1. The second kappa shape index (κ2) is 6.54. The van der Waals surface area contributed by atoms with E-state index in [-0.39, 0.29) is 18.1 Å². The van der Waals surface area contributed by atoms with Crippen molar-refractivity contribution >= 4 is 5.91 Å². The van der Waals surface area contributed by atoms with Crippen LogP contribution in [0.4, 0.5) is 0 Å². The lowest BCUT2D eigenvalue weighted by Gasteiger charge is -2.37. The van der Waals surface area contributed by atoms with Crippen molar-refractivity contribution < 1.29 is 9.53 Å². The Balaban J connectivity index is 1.49. The summed E-state index contributed by atoms with van der Waals surface area (Å²) >= 11 is 0. The Morgan fingerprint density at radius 2 is 2.12 bits per heavy atom. The summed E-state index contributed by atoms with van der Waals surface area (Å²) in [6, 6.07) is 10.2. The molecule has 1 saturated heterocycles. The van der Waals surface area contributed by atoms with Crippen LogP contribution in [0.15, 0.2) is 30.3 Å². The van der Waals surface area contributed by atoms with Crippen molar-refractivity contribution in [1.29, 1.82) is 0 Å². The first-order valence-corrected chi connectivity index (χ1v) is 9.18. The van der Waals surface area contributed by atoms with E-state index < -0.39 is 0 Å². The Hall–Kier alpha value is -2.30. The van der Waals surface area contributed by atoms with E-state index in [0.717, 1.165) is 48.6 Å². The van der Waals surface area contributed by atoms with Crippen molar-refractivity contribution in [2.75, 3.05) is 6.54 Å². The summed E-state index contributed by atoms with van der Waals surface area (Å²) in [6.45, 7) is 5.67. The van der Waals surface area contributed by atoms with Gasteiger partial charge in [-0.3, -0.25) is 9.48 Å². The molecule has 2 aliphatic heterocycles. The number of rotatable bonds is 3. The standard InChI is InChI=1S/C20H25N3O2/c1-14-11-15(2)23(21-14)13-17-8-5-6-10-22(17)20(24)19-12-16-7-3-4-9-18(16)25-19/h3-4,7,9,11,17,19H,5-6,8,10,12-13H2,1-2H3/t17-,19-/m1/s1. The van der Waals surface area contributed by atoms with Gasteiger partial charge in [0.15, 0.2) is 6.10 Å². The van der Waals surface area contributed by atoms with Gasteiger partial charge >= 0.3 is 0 Å². The highest BCUT2D eigenvalue weighted by Gasteiger charge is 2.36. The monoisotopic (exact) mass is 339 g/mol. The zero-order chi connectivity index (χ0) is 17.4. The number of amides is 1. The van der Waals surface area contributed by atoms with Crippen LogP contribution < -0.4 is 4.74 Å². The summed E-state index contributed by atoms with van der Waals surface area (Å²) < 4.78 is 7.97. The second-order valence-electron chi connectivity index (χ2n) is 7.21. The third-order valence-electron chi connectivity index (χ3n) is 5.32. The fourth-order valence-corrected chi connectivity index (χ4v) is 4.04. The largest absolute Gasteiger partial charge is 0.480 e. The SMILES string of the molecule is Cc1cc(C)n(C[C@H]2CCCCN2C(=O)[C@H]2Cc3ccccc3O2)n1. The number of aromatic nitrogens is 2. The highest BCUT2D eigenvalue weighted by molar-refractivity contribution is 5.83. The van der Waals surface area contributed by atoms with Crippen LogP contribution in [0.5, 0.6) is 5.75 Å². The molecule has 1 amide bonds. The summed E-state index contributed by atoms with van der Waals surface area (Å²) in [4.78, 5) is 15.2. The molecular weight excluding hydrogens is 314 g/mol. The van der Waals surface area contributed by atoms with Gasteiger partial charge in [-0.1, -0.05) is 18.2 Å². The first-order valence-electron chi connectivity index (χ1n) is 9.18. The number of fused-ring (bicyclic) bond motifs is 1. The van der Waals surface area contributed by atoms with E-state index in [4.69, 9.17) is 4.74 Å². The third kappa shape index (κ3) is 3.15. The molecule has 1 fully saturated rings. The molecule has 2 aliphatic rings. The average Bonchev–Trinajstić information content (AvgIpc) is 3.17. The number of piperidine rings is 1. The average molecular weight is 339 g/mol. The van der Waals surface area contributed by atoms with Crippen molar-refractivity contribution in [3.05, 3.63) is 47.3 Å². The van der Waals surface area contributed by atoms with Crippen molar-refractivity contribution in [3.63, 3.8) is 0 Å². The van der Waals surface area contributed by atoms with Crippen LogP contribution in [-0.2, 0) is 17.8 Å². The van der Waals surface area contributed by atoms with Crippen molar-refractivity contribution in [1.82, 2.24) is 14.7 Å². The number of nitrogens with zero attached hydrogens (tertiary/aromatic N) is 3. The van der Waals surface area contributed by atoms with Gasteiger partial charge in [-0.25, -0.2) is 0 Å². The number of likely N-dealkylation sites (tertiary alicyclic amines) is 1. The minimum atomic E-state index is -0.376. The number of carbonyl (C=O) groups is 1. The lowest BCUT2D eigenvalue weighted by molar-refractivity contribution is -0.142. The van der Waals surface area contributed by atoms with Gasteiger partial charge in [-0.15, -0.1) is 0 Å². The maximum Gasteiger partial charge on any atom is 0.264 e. The Bertz CT molecular complexity index is 758. The number of aryl methyl sites for hydroxylation is 2. The van der Waals surface area contributed by atoms with Crippen LogP contribution in [-0.4, -0.2) is 39.3 Å². The molecule has 1 aromatic carbocycles. The van der Waals surface area contributed by atoms with Gasteiger partial charge in [0.2, 0.25) is 0 Å². The molecule has 132 valence electrons. The summed E-state index contributed by atoms with van der Waals surface area (Å²) in [7, 11) is 0. The molecule has 3 heterocycles. The fourth-order valence-electron chi connectivity index (χ4n) is 4.04. The first-order chi connectivity index (χ1) is 12.1. The van der Waals surface area contributed by atoms with Gasteiger partial charge in [0.05, 0.1) is 18.3 Å². The number of benzene rings is 1. The highest BCUT2D eigenvalue weighted by Crippen LogP contribution is 2.30. The van der Waals surface area contributed by atoms with Gasteiger partial charge in [0.25, 0.3) is 5.91 Å². The summed E-state index contributed by atoms with van der Waals surface area (Å²) in [5.41, 5.74) is 3.31. The lowest BCUT2D eigenvalue weighted by Crippen LogP contribution is -2.51. The van der Waals surface area contributed by atoms with Crippen molar-refractivity contribution in [3.8, 4) is 5.75 Å². The quantitative estimate of drug-likeness (QED) is 0.864. The number of hydrogen-bond acceptors (Lipinski definition) is 3. The van der Waals surface area contributed by atoms with Crippen LogP contribution >= 0.6 is 0 Å². The smallest absolute Gasteiger partial charge is 0.264 e. The third-order valence-corrected chi connectivity index (χ3v) is 5.32. The molecule has 25 heavy (non-hydrogen) atoms. The highest BCUT2D eigenvalue weighted by atomic mass is 16.5. The molecule has 0 saturated carbocycles. The van der Waals surface area contributed by atoms with Crippen LogP contribution in [0, 0.1) is 13.8 Å². The van der Waals surface area contributed by atoms with E-state index >= 15 is 0 Å². The summed E-state index contributed by atoms with van der Waals surface area (Å²) in [5.74, 6) is 0.982. The fraction of sp³-hybridized carbons (Fsp3) is 0.500. The Morgan fingerprint density at radius 1 is 1.28 bits per heavy atom. The lowest BCUT2D eigenvalue weighted by atomic mass is 10.00. The number of ether oxygens (including phenoxy) is 1. The molecule has 2 aromatic rings. The maximum atomic E-state index is 13.1. The number of hydrogen-bond donors (Lipinski definition) is 0. The molecule has 4 rings (SSSR count). The summed E-state index contributed by atoms with van der Waals surface area (Å²) in [5, 5.41) is 4.58. The Kier molecular flexibility index (Phi) is 4.24. The van der Waals surface area contributed by atoms with Crippen molar-refractivity contribution in [2.45, 2.75) is 58.2 Å². The minimum Gasteiger partial charge on any atom is -0.480 e. The molecule has 0 aliphatic carbocycles. The topological polar surface area (TPSA) is 47.4 Å². The molecular formula is C20H25N3O2. The predicted molar refractivity (Wildman–Crippen MR) is 95.6 cm³/mol. The van der Waals surface area contributed by atoms with Gasteiger partial charge in [-0.05, 0) is 50.8 Å². The van der Waals surface area contributed by atoms with E-state index in [9.17, 15) is 4.79 Å². The zero-order valence-electron chi connectivity index (χ0n) is 14.9. The van der Waals surface area contributed by atoms with E-state index in [1.54, 1.807) is 0 Å².